The molecular weight excluding hydrogens is 544 g/mol. The highest BCUT2D eigenvalue weighted by molar-refractivity contribution is 6.45. The monoisotopic (exact) mass is 580 g/mol. The summed E-state index contributed by atoms with van der Waals surface area (Å²) in [6, 6.07) is 2.43. The normalized spacial score (nSPS) is 35.0. The van der Waals surface area contributed by atoms with Gasteiger partial charge in [-0.1, -0.05) is 27.7 Å². The number of benzene rings is 1. The highest BCUT2D eigenvalue weighted by Gasteiger charge is 2.76. The Balaban J connectivity index is 1.66. The van der Waals surface area contributed by atoms with E-state index >= 15 is 0 Å². The second-order valence-corrected chi connectivity index (χ2v) is 13.4. The molecule has 0 aromatic heterocycles. The van der Waals surface area contributed by atoms with Crippen LogP contribution in [0.25, 0.3) is 0 Å². The Labute approximate surface area is 243 Å². The van der Waals surface area contributed by atoms with Crippen molar-refractivity contribution in [3.8, 4) is 5.75 Å². The van der Waals surface area contributed by atoms with Crippen LogP contribution in [0, 0.1) is 40.4 Å². The average Bonchev–Trinajstić information content (AvgIpc) is 2.90. The summed E-state index contributed by atoms with van der Waals surface area (Å²) in [5.41, 5.74) is -5.97. The Kier molecular flexibility index (Phi) is 7.05. The third kappa shape index (κ3) is 3.87. The summed E-state index contributed by atoms with van der Waals surface area (Å²) in [6.45, 7) is 8.27. The van der Waals surface area contributed by atoms with Crippen LogP contribution < -0.4 is 0 Å². The fourth-order valence-corrected chi connectivity index (χ4v) is 8.63. The van der Waals surface area contributed by atoms with E-state index < -0.39 is 92.3 Å². The second kappa shape index (κ2) is 9.84. The van der Waals surface area contributed by atoms with Crippen molar-refractivity contribution in [3.05, 3.63) is 28.8 Å². The van der Waals surface area contributed by atoms with Crippen molar-refractivity contribution in [2.45, 2.75) is 65.9 Å². The third-order valence-electron chi connectivity index (χ3n) is 10.3. The van der Waals surface area contributed by atoms with Crippen LogP contribution >= 0.6 is 0 Å². The number of carbonyl (C=O) groups excluding carboxylic acids is 7. The number of Topliss-reactive ketones (excluding diaryl/α,β-unsaturated/α-hetero) is 7. The van der Waals surface area contributed by atoms with Crippen LogP contribution in [0.5, 0.6) is 5.75 Å². The molecule has 3 fully saturated rings. The van der Waals surface area contributed by atoms with Crippen LogP contribution in [0.1, 0.15) is 80.2 Å². The van der Waals surface area contributed by atoms with E-state index in [2.05, 4.69) is 0 Å². The number of rotatable bonds is 5. The van der Waals surface area contributed by atoms with E-state index in [1.165, 1.54) is 13.0 Å². The lowest BCUT2D eigenvalue weighted by atomic mass is 9.40. The highest BCUT2D eigenvalue weighted by atomic mass is 16.5. The number of carbonyl (C=O) groups is 7. The Hall–Kier alpha value is -3.37. The van der Waals surface area contributed by atoms with E-state index in [0.717, 1.165) is 13.0 Å². The summed E-state index contributed by atoms with van der Waals surface area (Å²) < 4.78 is 5.30. The van der Waals surface area contributed by atoms with Gasteiger partial charge in [0.05, 0.1) is 11.5 Å². The fourth-order valence-electron chi connectivity index (χ4n) is 8.63. The van der Waals surface area contributed by atoms with Gasteiger partial charge in [0.1, 0.15) is 17.5 Å². The van der Waals surface area contributed by atoms with Gasteiger partial charge in [-0.05, 0) is 61.6 Å². The molecular formula is C32H36O10. The first kappa shape index (κ1) is 30.1. The lowest BCUT2D eigenvalue weighted by molar-refractivity contribution is -0.205. The van der Waals surface area contributed by atoms with Crippen LogP contribution in [0.4, 0.5) is 0 Å². The van der Waals surface area contributed by atoms with Gasteiger partial charge in [-0.3, -0.25) is 33.6 Å². The molecule has 1 aliphatic heterocycles. The molecule has 1 aromatic rings. The van der Waals surface area contributed by atoms with Gasteiger partial charge in [0.25, 0.3) is 0 Å². The first-order valence-electron chi connectivity index (χ1n) is 14.4. The number of aromatic hydroxyl groups is 1. The maximum Gasteiger partial charge on any atom is 0.229 e. The molecule has 0 amide bonds. The second-order valence-electron chi connectivity index (χ2n) is 13.4. The summed E-state index contributed by atoms with van der Waals surface area (Å²) in [5.74, 6) is -12.1. The van der Waals surface area contributed by atoms with Gasteiger partial charge in [0.2, 0.25) is 11.6 Å². The van der Waals surface area contributed by atoms with Crippen LogP contribution in [-0.4, -0.2) is 69.5 Å². The maximum absolute atomic E-state index is 14.3. The SMILES string of the molecule is CC(=O)C1C(=O)C(C(C)C)[C@@]2(C)C[C@@]3(C)Cc4c(C(=O)C(=O)C5CCOCC5)ccc(O)c4C(=O)C3C(=O)[C@@]2(O)C1=O. The molecule has 2 N–H and O–H groups in total. The number of aliphatic hydroxyl groups is 1. The molecule has 3 aliphatic carbocycles. The van der Waals surface area contributed by atoms with Gasteiger partial charge in [-0.15, -0.1) is 0 Å². The molecule has 0 spiro atoms. The molecule has 224 valence electrons. The van der Waals surface area contributed by atoms with Crippen molar-refractivity contribution in [2.75, 3.05) is 13.2 Å². The summed E-state index contributed by atoms with van der Waals surface area (Å²) in [7, 11) is 0. The van der Waals surface area contributed by atoms with Crippen molar-refractivity contribution in [3.63, 3.8) is 0 Å². The number of phenolic OH excluding ortho intramolecular Hbond substituents is 1. The molecule has 0 radical (unpaired) electrons. The summed E-state index contributed by atoms with van der Waals surface area (Å²) >= 11 is 0. The average molecular weight is 581 g/mol. The van der Waals surface area contributed by atoms with Crippen LogP contribution in [0.3, 0.4) is 0 Å². The molecule has 1 heterocycles. The van der Waals surface area contributed by atoms with Crippen LogP contribution in [0.2, 0.25) is 0 Å². The molecule has 5 rings (SSSR count). The van der Waals surface area contributed by atoms with Gasteiger partial charge in [0.15, 0.2) is 28.7 Å². The number of ether oxygens (including phenoxy) is 1. The first-order chi connectivity index (χ1) is 19.5. The lowest BCUT2D eigenvalue weighted by Crippen LogP contribution is -2.76. The third-order valence-corrected chi connectivity index (χ3v) is 10.3. The Morgan fingerprint density at radius 1 is 1.00 bits per heavy atom. The van der Waals surface area contributed by atoms with Gasteiger partial charge >= 0.3 is 0 Å². The van der Waals surface area contributed by atoms with Crippen LogP contribution in [0.15, 0.2) is 12.1 Å². The number of phenols is 1. The zero-order valence-corrected chi connectivity index (χ0v) is 24.4. The van der Waals surface area contributed by atoms with Gasteiger partial charge in [-0.2, -0.15) is 0 Å². The largest absolute Gasteiger partial charge is 0.507 e. The predicted octanol–water partition coefficient (Wildman–Crippen LogP) is 2.27. The van der Waals surface area contributed by atoms with Crippen molar-refractivity contribution >= 4 is 40.5 Å². The quantitative estimate of drug-likeness (QED) is 0.299. The van der Waals surface area contributed by atoms with E-state index in [1.807, 2.05) is 0 Å². The van der Waals surface area contributed by atoms with Crippen LogP contribution in [-0.2, 0) is 35.1 Å². The molecule has 10 heteroatoms. The zero-order chi connectivity index (χ0) is 31.1. The molecule has 1 saturated heterocycles. The lowest BCUT2D eigenvalue weighted by Gasteiger charge is -2.61. The van der Waals surface area contributed by atoms with Crippen molar-refractivity contribution < 1.29 is 48.5 Å². The Bertz CT molecular complexity index is 1470. The van der Waals surface area contributed by atoms with Crippen molar-refractivity contribution in [1.82, 2.24) is 0 Å². The van der Waals surface area contributed by atoms with Gasteiger partial charge in [0, 0.05) is 36.0 Å². The molecule has 2 saturated carbocycles. The smallest absolute Gasteiger partial charge is 0.229 e. The summed E-state index contributed by atoms with van der Waals surface area (Å²) in [5, 5.41) is 22.8. The molecule has 42 heavy (non-hydrogen) atoms. The molecule has 10 nitrogen and oxygen atoms in total. The minimum atomic E-state index is -2.80. The fraction of sp³-hybridized carbons (Fsp3) is 0.594. The van der Waals surface area contributed by atoms with E-state index in [1.54, 1.807) is 20.8 Å². The topological polar surface area (TPSA) is 169 Å². The number of fused-ring (bicyclic) bond motifs is 3. The summed E-state index contributed by atoms with van der Waals surface area (Å²) in [6.07, 6.45) is 0.528. The van der Waals surface area contributed by atoms with E-state index in [4.69, 9.17) is 4.74 Å². The molecule has 6 atom stereocenters. The van der Waals surface area contributed by atoms with Crippen molar-refractivity contribution in [2.24, 2.45) is 40.4 Å². The maximum atomic E-state index is 14.3. The molecule has 1 aromatic carbocycles. The van der Waals surface area contributed by atoms with E-state index in [-0.39, 0.29) is 29.5 Å². The molecule has 0 bridgehead atoms. The number of hydrogen-bond acceptors (Lipinski definition) is 10. The zero-order valence-electron chi connectivity index (χ0n) is 24.4. The summed E-state index contributed by atoms with van der Waals surface area (Å²) in [4.78, 5) is 94.9. The van der Waals surface area contributed by atoms with Gasteiger partial charge in [-0.25, -0.2) is 0 Å². The first-order valence-corrected chi connectivity index (χ1v) is 14.4. The Morgan fingerprint density at radius 2 is 1.62 bits per heavy atom. The molecule has 3 unspecified atom stereocenters. The highest BCUT2D eigenvalue weighted by Crippen LogP contribution is 2.63. The minimum Gasteiger partial charge on any atom is -0.507 e. The predicted molar refractivity (Wildman–Crippen MR) is 146 cm³/mol. The number of ketones is 7. The minimum absolute atomic E-state index is 0.0430. The van der Waals surface area contributed by atoms with Crippen molar-refractivity contribution in [1.29, 1.82) is 0 Å². The van der Waals surface area contributed by atoms with Gasteiger partial charge < -0.3 is 14.9 Å². The van der Waals surface area contributed by atoms with E-state index in [0.29, 0.717) is 26.1 Å². The van der Waals surface area contributed by atoms with E-state index in [9.17, 15) is 43.8 Å². The standard InChI is InChI=1S/C32H36O10/c1-14(2)22-26(37)20(15(3)33)28(39)32(41)29(40)23-27(38)21-18(12-30(23,4)13-31(22,32)5)17(6-7-19(21)34)25(36)24(35)16-8-10-42-11-9-16/h6-7,14,16,20,22-23,34,41H,8-13H2,1-5H3/t20?,22?,23?,30-,31-,32+/m1/s1. The number of hydrogen-bond donors (Lipinski definition) is 2. The molecule has 4 aliphatic rings. The Morgan fingerprint density at radius 3 is 2.19 bits per heavy atom.